The molecule has 3 rings (SSSR count). The lowest BCUT2D eigenvalue weighted by atomic mass is 10.2. The van der Waals surface area contributed by atoms with E-state index in [-0.39, 0.29) is 5.91 Å². The topological polar surface area (TPSA) is 49.3 Å². The van der Waals surface area contributed by atoms with E-state index >= 15 is 0 Å². The average molecular weight is 347 g/mol. The molecule has 1 amide bonds. The number of hydrogen-bond acceptors (Lipinski definition) is 4. The summed E-state index contributed by atoms with van der Waals surface area (Å²) in [6.45, 7) is 3.01. The zero-order valence-corrected chi connectivity index (χ0v) is 13.0. The monoisotopic (exact) mass is 346 g/mol. The van der Waals surface area contributed by atoms with Gasteiger partial charge in [0.15, 0.2) is 0 Å². The summed E-state index contributed by atoms with van der Waals surface area (Å²) in [6, 6.07) is 9.39. The van der Waals surface area contributed by atoms with E-state index in [0.717, 1.165) is 18.9 Å². The number of pyridine rings is 2. The van der Waals surface area contributed by atoms with Crippen molar-refractivity contribution in [1.29, 1.82) is 0 Å². The highest BCUT2D eigenvalue weighted by atomic mass is 79.9. The van der Waals surface area contributed by atoms with Gasteiger partial charge in [0.2, 0.25) is 0 Å². The number of nitrogens with zero attached hydrogens (tertiary/aromatic N) is 4. The molecule has 0 saturated carbocycles. The van der Waals surface area contributed by atoms with Gasteiger partial charge in [0, 0.05) is 44.1 Å². The van der Waals surface area contributed by atoms with Crippen molar-refractivity contribution >= 4 is 27.7 Å². The molecule has 0 bridgehead atoms. The van der Waals surface area contributed by atoms with Crippen molar-refractivity contribution in [3.05, 3.63) is 52.9 Å². The Morgan fingerprint density at radius 1 is 1.05 bits per heavy atom. The molecule has 0 aromatic carbocycles. The van der Waals surface area contributed by atoms with Crippen molar-refractivity contribution in [3.63, 3.8) is 0 Å². The molecule has 0 radical (unpaired) electrons. The molecular weight excluding hydrogens is 332 g/mol. The third-order valence-electron chi connectivity index (χ3n) is 3.51. The molecule has 0 aliphatic carbocycles. The molecule has 2 aromatic rings. The second kappa shape index (κ2) is 6.22. The summed E-state index contributed by atoms with van der Waals surface area (Å²) < 4.78 is 0.681. The molecule has 0 spiro atoms. The molecule has 0 unspecified atom stereocenters. The van der Waals surface area contributed by atoms with Crippen LogP contribution in [0.2, 0.25) is 0 Å². The van der Waals surface area contributed by atoms with E-state index in [9.17, 15) is 4.79 Å². The number of anilines is 1. The minimum absolute atomic E-state index is 0.0544. The van der Waals surface area contributed by atoms with E-state index in [4.69, 9.17) is 0 Å². The lowest BCUT2D eigenvalue weighted by Crippen LogP contribution is -2.49. The Balaban J connectivity index is 1.64. The van der Waals surface area contributed by atoms with Crippen LogP contribution in [0, 0.1) is 0 Å². The minimum Gasteiger partial charge on any atom is -0.353 e. The van der Waals surface area contributed by atoms with Gasteiger partial charge in [0.05, 0.1) is 0 Å². The van der Waals surface area contributed by atoms with E-state index in [1.54, 1.807) is 24.5 Å². The van der Waals surface area contributed by atoms with Crippen molar-refractivity contribution in [3.8, 4) is 0 Å². The summed E-state index contributed by atoms with van der Waals surface area (Å²) in [5.74, 6) is 1.02. The first-order valence-corrected chi connectivity index (χ1v) is 7.60. The highest BCUT2D eigenvalue weighted by Gasteiger charge is 2.22. The van der Waals surface area contributed by atoms with Crippen LogP contribution in [0.1, 0.15) is 10.4 Å². The fourth-order valence-electron chi connectivity index (χ4n) is 2.40. The third-order valence-corrected chi connectivity index (χ3v) is 3.95. The molecule has 0 atom stereocenters. The molecule has 1 saturated heterocycles. The summed E-state index contributed by atoms with van der Waals surface area (Å²) in [7, 11) is 0. The number of amides is 1. The lowest BCUT2D eigenvalue weighted by molar-refractivity contribution is 0.0746. The maximum absolute atomic E-state index is 12.4. The van der Waals surface area contributed by atoms with Gasteiger partial charge in [-0.2, -0.15) is 0 Å². The van der Waals surface area contributed by atoms with E-state index in [2.05, 4.69) is 30.8 Å². The van der Waals surface area contributed by atoms with Crippen LogP contribution in [0.4, 0.5) is 5.82 Å². The Labute approximate surface area is 131 Å². The number of rotatable bonds is 2. The number of aromatic nitrogens is 2. The smallest absolute Gasteiger partial charge is 0.254 e. The van der Waals surface area contributed by atoms with E-state index in [1.165, 1.54) is 0 Å². The van der Waals surface area contributed by atoms with Crippen LogP contribution < -0.4 is 4.90 Å². The predicted octanol–water partition coefficient (Wildman–Crippen LogP) is 2.20. The first-order valence-electron chi connectivity index (χ1n) is 6.81. The largest absolute Gasteiger partial charge is 0.353 e. The minimum atomic E-state index is 0.0544. The predicted molar refractivity (Wildman–Crippen MR) is 84.3 cm³/mol. The van der Waals surface area contributed by atoms with Gasteiger partial charge in [0.1, 0.15) is 10.4 Å². The molecule has 108 valence electrons. The second-order valence-corrected chi connectivity index (χ2v) is 5.65. The van der Waals surface area contributed by atoms with Gasteiger partial charge < -0.3 is 9.80 Å². The molecule has 3 heterocycles. The molecular formula is C15H15BrN4O. The Morgan fingerprint density at radius 2 is 1.86 bits per heavy atom. The molecule has 1 aliphatic heterocycles. The fraction of sp³-hybridized carbons (Fsp3) is 0.267. The van der Waals surface area contributed by atoms with Crippen molar-refractivity contribution in [1.82, 2.24) is 14.9 Å². The molecule has 0 N–H and O–H groups in total. The first kappa shape index (κ1) is 14.0. The highest BCUT2D eigenvalue weighted by Crippen LogP contribution is 2.15. The van der Waals surface area contributed by atoms with Gasteiger partial charge in [-0.25, -0.2) is 9.97 Å². The van der Waals surface area contributed by atoms with E-state index < -0.39 is 0 Å². The van der Waals surface area contributed by atoms with Crippen LogP contribution in [-0.4, -0.2) is 47.0 Å². The number of carbonyl (C=O) groups excluding carboxylic acids is 1. The molecule has 1 aliphatic rings. The quantitative estimate of drug-likeness (QED) is 0.782. The van der Waals surface area contributed by atoms with Crippen molar-refractivity contribution in [2.45, 2.75) is 0 Å². The Morgan fingerprint density at radius 3 is 2.52 bits per heavy atom. The number of carbonyl (C=O) groups is 1. The summed E-state index contributed by atoms with van der Waals surface area (Å²) in [5, 5.41) is 0. The van der Waals surface area contributed by atoms with Gasteiger partial charge in [-0.05, 0) is 40.2 Å². The second-order valence-electron chi connectivity index (χ2n) is 4.83. The van der Waals surface area contributed by atoms with Crippen LogP contribution in [0.3, 0.4) is 0 Å². The number of halogens is 1. The van der Waals surface area contributed by atoms with Crippen molar-refractivity contribution in [2.75, 3.05) is 31.1 Å². The maximum atomic E-state index is 12.4. The third kappa shape index (κ3) is 3.21. The van der Waals surface area contributed by atoms with Crippen LogP contribution in [0.25, 0.3) is 0 Å². The van der Waals surface area contributed by atoms with E-state index in [1.807, 2.05) is 23.1 Å². The zero-order chi connectivity index (χ0) is 14.7. The molecule has 6 heteroatoms. The Bertz CT molecular complexity index is 627. The summed E-state index contributed by atoms with van der Waals surface area (Å²) in [6.07, 6.45) is 3.43. The van der Waals surface area contributed by atoms with Gasteiger partial charge in [-0.15, -0.1) is 0 Å². The van der Waals surface area contributed by atoms with Gasteiger partial charge in [-0.3, -0.25) is 4.79 Å². The van der Waals surface area contributed by atoms with E-state index in [0.29, 0.717) is 23.3 Å². The summed E-state index contributed by atoms with van der Waals surface area (Å²) in [4.78, 5) is 24.9. The van der Waals surface area contributed by atoms with Crippen molar-refractivity contribution in [2.24, 2.45) is 0 Å². The Hall–Kier alpha value is -1.95. The zero-order valence-electron chi connectivity index (χ0n) is 11.4. The standard InChI is InChI=1S/C15H15BrN4O/c16-13-11-12(4-6-17-13)15(21)20-9-7-19(8-10-20)14-3-1-2-5-18-14/h1-6,11H,7-10H2. The van der Waals surface area contributed by atoms with Gasteiger partial charge in [-0.1, -0.05) is 6.07 Å². The fourth-order valence-corrected chi connectivity index (χ4v) is 2.76. The first-order chi connectivity index (χ1) is 10.2. The highest BCUT2D eigenvalue weighted by molar-refractivity contribution is 9.10. The average Bonchev–Trinajstić information content (AvgIpc) is 2.55. The summed E-state index contributed by atoms with van der Waals surface area (Å²) in [5.41, 5.74) is 0.670. The van der Waals surface area contributed by atoms with Crippen molar-refractivity contribution < 1.29 is 4.79 Å². The number of hydrogen-bond donors (Lipinski definition) is 0. The lowest BCUT2D eigenvalue weighted by Gasteiger charge is -2.35. The van der Waals surface area contributed by atoms with Crippen LogP contribution >= 0.6 is 15.9 Å². The number of piperazine rings is 1. The Kier molecular flexibility index (Phi) is 4.15. The molecule has 1 fully saturated rings. The van der Waals surface area contributed by atoms with Gasteiger partial charge in [0.25, 0.3) is 5.91 Å². The molecule has 5 nitrogen and oxygen atoms in total. The van der Waals surface area contributed by atoms with Crippen LogP contribution in [-0.2, 0) is 0 Å². The normalized spacial score (nSPS) is 15.1. The SMILES string of the molecule is O=C(c1ccnc(Br)c1)N1CCN(c2ccccn2)CC1. The molecule has 21 heavy (non-hydrogen) atoms. The summed E-state index contributed by atoms with van der Waals surface area (Å²) >= 11 is 3.30. The van der Waals surface area contributed by atoms with Crippen LogP contribution in [0.15, 0.2) is 47.3 Å². The molecule has 2 aromatic heterocycles. The van der Waals surface area contributed by atoms with Gasteiger partial charge >= 0.3 is 0 Å². The van der Waals surface area contributed by atoms with Crippen LogP contribution in [0.5, 0.6) is 0 Å². The maximum Gasteiger partial charge on any atom is 0.254 e.